The van der Waals surface area contributed by atoms with Crippen molar-refractivity contribution in [1.82, 2.24) is 0 Å². The smallest absolute Gasteiger partial charge is 0.323 e. The zero-order valence-electron chi connectivity index (χ0n) is 13.4. The van der Waals surface area contributed by atoms with Gasteiger partial charge >= 0.3 is 17.9 Å². The highest BCUT2D eigenvalue weighted by Gasteiger charge is 2.88. The Hall–Kier alpha value is -1.67. The Balaban J connectivity index is 2.22. The number of cyclic esters (lactones) is 1. The zero-order chi connectivity index (χ0) is 17.4. The van der Waals surface area contributed by atoms with Crippen molar-refractivity contribution in [3.8, 4) is 0 Å². The first kappa shape index (κ1) is 16.2. The summed E-state index contributed by atoms with van der Waals surface area (Å²) in [6.45, 7) is 6.13. The number of aliphatic hydroxyl groups is 2. The normalized spacial score (nSPS) is 45.3. The molecule has 0 unspecified atom stereocenters. The molecule has 2 heterocycles. The van der Waals surface area contributed by atoms with E-state index in [-0.39, 0.29) is 6.42 Å². The summed E-state index contributed by atoms with van der Waals surface area (Å²) >= 11 is 0. The van der Waals surface area contributed by atoms with Gasteiger partial charge in [0.1, 0.15) is 11.7 Å². The van der Waals surface area contributed by atoms with Crippen LogP contribution >= 0.6 is 0 Å². The molecule has 5 atom stereocenters. The summed E-state index contributed by atoms with van der Waals surface area (Å²) in [5, 5.41) is 22.7. The number of hydrogen-bond acceptors (Lipinski definition) is 8. The lowest BCUT2D eigenvalue weighted by Gasteiger charge is -2.48. The number of esters is 3. The van der Waals surface area contributed by atoms with E-state index < -0.39 is 58.8 Å². The van der Waals surface area contributed by atoms with Gasteiger partial charge in [-0.1, -0.05) is 20.8 Å². The molecule has 3 fully saturated rings. The number of rotatable bonds is 1. The summed E-state index contributed by atoms with van der Waals surface area (Å²) in [4.78, 5) is 35.6. The Morgan fingerprint density at radius 2 is 1.87 bits per heavy atom. The van der Waals surface area contributed by atoms with Crippen LogP contribution in [0.3, 0.4) is 0 Å². The van der Waals surface area contributed by atoms with E-state index in [0.717, 1.165) is 6.92 Å². The molecule has 128 valence electrons. The summed E-state index contributed by atoms with van der Waals surface area (Å²) in [5.41, 5.74) is -6.82. The van der Waals surface area contributed by atoms with Gasteiger partial charge in [-0.15, -0.1) is 0 Å². The lowest BCUT2D eigenvalue weighted by atomic mass is 9.61. The first-order chi connectivity index (χ1) is 10.4. The molecule has 3 aliphatic rings. The molecular formula is C15H20O8. The predicted molar refractivity (Wildman–Crippen MR) is 72.5 cm³/mol. The Kier molecular flexibility index (Phi) is 2.99. The summed E-state index contributed by atoms with van der Waals surface area (Å²) in [7, 11) is 0. The van der Waals surface area contributed by atoms with E-state index in [1.165, 1.54) is 0 Å². The van der Waals surface area contributed by atoms with Crippen molar-refractivity contribution in [2.45, 2.75) is 64.1 Å². The molecule has 0 radical (unpaired) electrons. The Morgan fingerprint density at radius 3 is 2.39 bits per heavy atom. The molecule has 0 aromatic heterocycles. The monoisotopic (exact) mass is 328 g/mol. The van der Waals surface area contributed by atoms with Gasteiger partial charge in [0.2, 0.25) is 0 Å². The molecule has 2 N–H and O–H groups in total. The minimum atomic E-state index is -2.28. The third-order valence-electron chi connectivity index (χ3n) is 5.47. The van der Waals surface area contributed by atoms with Crippen molar-refractivity contribution in [1.29, 1.82) is 0 Å². The maximum Gasteiger partial charge on any atom is 0.323 e. The Labute approximate surface area is 132 Å². The average molecular weight is 328 g/mol. The van der Waals surface area contributed by atoms with Gasteiger partial charge in [0.05, 0.1) is 6.42 Å². The van der Waals surface area contributed by atoms with Crippen LogP contribution in [-0.4, -0.2) is 51.7 Å². The van der Waals surface area contributed by atoms with Crippen molar-refractivity contribution in [3.05, 3.63) is 0 Å². The molecule has 1 aliphatic carbocycles. The fourth-order valence-corrected chi connectivity index (χ4v) is 4.22. The fourth-order valence-electron chi connectivity index (χ4n) is 4.22. The van der Waals surface area contributed by atoms with Gasteiger partial charge in [0, 0.05) is 13.3 Å². The molecule has 2 aliphatic heterocycles. The molecule has 8 heteroatoms. The molecule has 8 nitrogen and oxygen atoms in total. The predicted octanol–water partition coefficient (Wildman–Crippen LogP) is -0.354. The summed E-state index contributed by atoms with van der Waals surface area (Å²) < 4.78 is 15.2. The van der Waals surface area contributed by atoms with Crippen molar-refractivity contribution >= 4 is 17.9 Å². The van der Waals surface area contributed by atoms with Gasteiger partial charge in [-0.2, -0.15) is 0 Å². The Morgan fingerprint density at radius 1 is 1.26 bits per heavy atom. The molecule has 1 saturated carbocycles. The van der Waals surface area contributed by atoms with Crippen LogP contribution in [0.1, 0.15) is 40.5 Å². The minimum Gasteiger partial charge on any atom is -0.461 e. The van der Waals surface area contributed by atoms with Gasteiger partial charge in [0.25, 0.3) is 6.29 Å². The molecule has 0 amide bonds. The first-order valence-corrected chi connectivity index (χ1v) is 7.43. The van der Waals surface area contributed by atoms with Crippen molar-refractivity contribution < 1.29 is 38.8 Å². The summed E-state index contributed by atoms with van der Waals surface area (Å²) in [6.07, 6.45) is -3.30. The number of hydrogen-bond donors (Lipinski definition) is 2. The molecule has 3 rings (SSSR count). The van der Waals surface area contributed by atoms with E-state index >= 15 is 0 Å². The third kappa shape index (κ3) is 1.60. The number of ether oxygens (including phenoxy) is 3. The van der Waals surface area contributed by atoms with E-state index in [2.05, 4.69) is 0 Å². The lowest BCUT2D eigenvalue weighted by molar-refractivity contribution is -0.275. The highest BCUT2D eigenvalue weighted by Crippen LogP contribution is 2.67. The summed E-state index contributed by atoms with van der Waals surface area (Å²) in [5.74, 6) is -2.34. The van der Waals surface area contributed by atoms with Crippen LogP contribution in [0.25, 0.3) is 0 Å². The molecule has 0 bridgehead atoms. The van der Waals surface area contributed by atoms with E-state index in [1.54, 1.807) is 20.8 Å². The van der Waals surface area contributed by atoms with Crippen molar-refractivity contribution in [2.75, 3.05) is 0 Å². The second-order valence-electron chi connectivity index (χ2n) is 7.55. The molecule has 0 aromatic carbocycles. The van der Waals surface area contributed by atoms with Gasteiger partial charge in [0.15, 0.2) is 11.0 Å². The topological polar surface area (TPSA) is 119 Å². The molecule has 2 saturated heterocycles. The van der Waals surface area contributed by atoms with Gasteiger partial charge in [-0.25, -0.2) is 0 Å². The average Bonchev–Trinajstić information content (AvgIpc) is 2.87. The maximum absolute atomic E-state index is 12.5. The number of carbonyl (C=O) groups excluding carboxylic acids is 3. The van der Waals surface area contributed by atoms with Gasteiger partial charge in [-0.05, 0) is 5.41 Å². The van der Waals surface area contributed by atoms with E-state index in [4.69, 9.17) is 14.2 Å². The number of carbonyl (C=O) groups is 3. The van der Waals surface area contributed by atoms with Crippen LogP contribution in [0, 0.1) is 10.8 Å². The van der Waals surface area contributed by atoms with Crippen molar-refractivity contribution in [3.63, 3.8) is 0 Å². The zero-order valence-corrected chi connectivity index (χ0v) is 13.4. The van der Waals surface area contributed by atoms with Gasteiger partial charge in [-0.3, -0.25) is 14.4 Å². The largest absolute Gasteiger partial charge is 0.461 e. The third-order valence-corrected chi connectivity index (χ3v) is 5.47. The lowest BCUT2D eigenvalue weighted by Crippen LogP contribution is -2.67. The van der Waals surface area contributed by atoms with E-state index in [9.17, 15) is 24.6 Å². The van der Waals surface area contributed by atoms with Crippen LogP contribution in [-0.2, 0) is 28.6 Å². The van der Waals surface area contributed by atoms with Crippen LogP contribution < -0.4 is 0 Å². The first-order valence-electron chi connectivity index (χ1n) is 7.43. The molecular weight excluding hydrogens is 308 g/mol. The van der Waals surface area contributed by atoms with E-state index in [0.29, 0.717) is 0 Å². The molecule has 23 heavy (non-hydrogen) atoms. The summed E-state index contributed by atoms with van der Waals surface area (Å²) in [6, 6.07) is 0. The fraction of sp³-hybridized carbons (Fsp3) is 0.800. The van der Waals surface area contributed by atoms with Crippen LogP contribution in [0.15, 0.2) is 0 Å². The quantitative estimate of drug-likeness (QED) is 0.627. The molecule has 1 spiro atoms. The van der Waals surface area contributed by atoms with Crippen molar-refractivity contribution in [2.24, 2.45) is 10.8 Å². The Bertz CT molecular complexity index is 607. The minimum absolute atomic E-state index is 0.147. The van der Waals surface area contributed by atoms with E-state index in [1.807, 2.05) is 0 Å². The second kappa shape index (κ2) is 4.24. The standard InChI is InChI=1S/C15H20O8/c1-7(16)21-11-15(20)13(10(18)23-11)6-9(17)22-8(13)5-14(15,19)12(2,3)4/h8,11,19-20H,5-6H2,1-4H3/t8-,11-,13-,14+,15-/m0/s1. The highest BCUT2D eigenvalue weighted by atomic mass is 16.7. The maximum atomic E-state index is 12.5. The SMILES string of the molecule is CC(=O)O[C@H]1OC(=O)[C@]23CC(=O)O[C@H]2C[C@@](O)(C(C)(C)C)[C@]13O. The molecule has 0 aromatic rings. The van der Waals surface area contributed by atoms with Crippen LogP contribution in [0.4, 0.5) is 0 Å². The van der Waals surface area contributed by atoms with Crippen LogP contribution in [0.2, 0.25) is 0 Å². The van der Waals surface area contributed by atoms with Gasteiger partial charge < -0.3 is 24.4 Å². The second-order valence-corrected chi connectivity index (χ2v) is 7.55. The van der Waals surface area contributed by atoms with Crippen LogP contribution in [0.5, 0.6) is 0 Å². The highest BCUT2D eigenvalue weighted by molar-refractivity contribution is 5.92.